The molecule has 0 saturated carbocycles. The lowest BCUT2D eigenvalue weighted by atomic mass is 10.0. The first-order chi connectivity index (χ1) is 7.65. The molecule has 0 fully saturated rings. The summed E-state index contributed by atoms with van der Waals surface area (Å²) in [5, 5.41) is 4.35. The normalized spacial score (nSPS) is 19.4. The molecule has 1 atom stereocenters. The molecule has 1 aliphatic rings. The number of aryl methyl sites for hydroxylation is 1. The maximum atomic E-state index is 5.96. The van der Waals surface area contributed by atoms with Crippen LogP contribution in [0.1, 0.15) is 12.0 Å². The lowest BCUT2D eigenvalue weighted by molar-refractivity contribution is 0.596. The first-order valence-electron chi connectivity index (χ1n) is 5.30. The number of hydrogen-bond acceptors (Lipinski definition) is 2. The average molecular weight is 257 g/mol. The highest BCUT2D eigenvalue weighted by molar-refractivity contribution is 6.42. The van der Waals surface area contributed by atoms with Crippen molar-refractivity contribution >= 4 is 23.2 Å². The third-order valence-corrected chi connectivity index (χ3v) is 3.51. The molecule has 1 aromatic carbocycles. The standard InChI is InChI=1S/C12H14Cl2N2/c13-10-4-3-8(5-11(10)14)1-2-9-6-12(15)16-7-9/h3-6,9,16H,1-2,7,15H2/t9-/m1/s1. The summed E-state index contributed by atoms with van der Waals surface area (Å²) in [6.45, 7) is 0.938. The summed E-state index contributed by atoms with van der Waals surface area (Å²) in [5.74, 6) is 1.31. The minimum atomic E-state index is 0.523. The van der Waals surface area contributed by atoms with E-state index in [0.29, 0.717) is 16.0 Å². The first kappa shape index (κ1) is 11.6. The zero-order valence-electron chi connectivity index (χ0n) is 8.84. The SMILES string of the molecule is NC1=C[C@@H](CCc2ccc(Cl)c(Cl)c2)CN1. The number of nitrogens with two attached hydrogens (primary N) is 1. The number of benzene rings is 1. The van der Waals surface area contributed by atoms with Crippen molar-refractivity contribution in [3.8, 4) is 0 Å². The van der Waals surface area contributed by atoms with Gasteiger partial charge in [-0.2, -0.15) is 0 Å². The number of rotatable bonds is 3. The third kappa shape index (κ3) is 2.83. The zero-order chi connectivity index (χ0) is 11.5. The second-order valence-electron chi connectivity index (χ2n) is 4.05. The van der Waals surface area contributed by atoms with Crippen LogP contribution >= 0.6 is 23.2 Å². The second kappa shape index (κ2) is 4.98. The predicted octanol–water partition coefficient (Wildman–Crippen LogP) is 2.95. The lowest BCUT2D eigenvalue weighted by Crippen LogP contribution is -2.16. The van der Waals surface area contributed by atoms with Gasteiger partial charge in [-0.15, -0.1) is 0 Å². The Bertz CT molecular complexity index is 415. The van der Waals surface area contributed by atoms with Gasteiger partial charge in [-0.05, 0) is 42.5 Å². The largest absolute Gasteiger partial charge is 0.386 e. The van der Waals surface area contributed by atoms with Crippen molar-refractivity contribution in [3.63, 3.8) is 0 Å². The Balaban J connectivity index is 1.92. The topological polar surface area (TPSA) is 38.0 Å². The van der Waals surface area contributed by atoms with Gasteiger partial charge in [0, 0.05) is 6.54 Å². The summed E-state index contributed by atoms with van der Waals surface area (Å²) in [7, 11) is 0. The van der Waals surface area contributed by atoms with E-state index in [9.17, 15) is 0 Å². The highest BCUT2D eigenvalue weighted by Crippen LogP contribution is 2.24. The van der Waals surface area contributed by atoms with Crippen molar-refractivity contribution in [2.45, 2.75) is 12.8 Å². The highest BCUT2D eigenvalue weighted by atomic mass is 35.5. The van der Waals surface area contributed by atoms with Gasteiger partial charge in [0.25, 0.3) is 0 Å². The van der Waals surface area contributed by atoms with Crippen LogP contribution in [0.2, 0.25) is 10.0 Å². The molecule has 3 N–H and O–H groups in total. The van der Waals surface area contributed by atoms with Crippen LogP contribution in [0.5, 0.6) is 0 Å². The predicted molar refractivity (Wildman–Crippen MR) is 68.5 cm³/mol. The van der Waals surface area contributed by atoms with E-state index in [4.69, 9.17) is 28.9 Å². The average Bonchev–Trinajstić information content (AvgIpc) is 2.66. The Labute approximate surface area is 105 Å². The van der Waals surface area contributed by atoms with Crippen molar-refractivity contribution in [1.29, 1.82) is 0 Å². The van der Waals surface area contributed by atoms with Gasteiger partial charge in [0.1, 0.15) is 0 Å². The fourth-order valence-corrected chi connectivity index (χ4v) is 2.17. The van der Waals surface area contributed by atoms with Crippen LogP contribution in [-0.4, -0.2) is 6.54 Å². The molecule has 16 heavy (non-hydrogen) atoms. The quantitative estimate of drug-likeness (QED) is 0.873. The van der Waals surface area contributed by atoms with Crippen molar-refractivity contribution in [2.24, 2.45) is 11.7 Å². The van der Waals surface area contributed by atoms with Crippen LogP contribution in [0, 0.1) is 5.92 Å². The van der Waals surface area contributed by atoms with Gasteiger partial charge in [-0.25, -0.2) is 0 Å². The molecule has 86 valence electrons. The van der Waals surface area contributed by atoms with Crippen LogP contribution in [0.15, 0.2) is 30.1 Å². The molecule has 0 unspecified atom stereocenters. The van der Waals surface area contributed by atoms with Crippen molar-refractivity contribution in [3.05, 3.63) is 45.7 Å². The molecule has 1 heterocycles. The minimum Gasteiger partial charge on any atom is -0.386 e. The molecule has 1 aliphatic heterocycles. The smallest absolute Gasteiger partial charge is 0.0922 e. The lowest BCUT2D eigenvalue weighted by Gasteiger charge is -2.07. The van der Waals surface area contributed by atoms with E-state index in [2.05, 4.69) is 11.4 Å². The number of hydrogen-bond donors (Lipinski definition) is 2. The molecule has 0 radical (unpaired) electrons. The molecule has 0 aliphatic carbocycles. The van der Waals surface area contributed by atoms with Crippen LogP contribution in [0.3, 0.4) is 0 Å². The fourth-order valence-electron chi connectivity index (χ4n) is 1.85. The molecule has 1 aromatic rings. The molecule has 0 saturated heterocycles. The summed E-state index contributed by atoms with van der Waals surface area (Å²) >= 11 is 11.8. The van der Waals surface area contributed by atoms with Gasteiger partial charge < -0.3 is 11.1 Å². The monoisotopic (exact) mass is 256 g/mol. The van der Waals surface area contributed by atoms with Crippen molar-refractivity contribution < 1.29 is 0 Å². The Kier molecular flexibility index (Phi) is 3.62. The number of halogens is 2. The molecule has 0 aromatic heterocycles. The van der Waals surface area contributed by atoms with Crippen LogP contribution in [0.25, 0.3) is 0 Å². The van der Waals surface area contributed by atoms with Crippen molar-refractivity contribution in [1.82, 2.24) is 5.32 Å². The van der Waals surface area contributed by atoms with E-state index < -0.39 is 0 Å². The van der Waals surface area contributed by atoms with E-state index in [1.807, 2.05) is 18.2 Å². The summed E-state index contributed by atoms with van der Waals surface area (Å²) < 4.78 is 0. The summed E-state index contributed by atoms with van der Waals surface area (Å²) in [5.41, 5.74) is 6.87. The van der Waals surface area contributed by atoms with E-state index in [1.165, 1.54) is 5.56 Å². The highest BCUT2D eigenvalue weighted by Gasteiger charge is 2.12. The van der Waals surface area contributed by atoms with Gasteiger partial charge in [0.2, 0.25) is 0 Å². The summed E-state index contributed by atoms with van der Waals surface area (Å²) in [6.07, 6.45) is 4.15. The van der Waals surface area contributed by atoms with Gasteiger partial charge in [-0.1, -0.05) is 29.3 Å². The molecule has 0 bridgehead atoms. The van der Waals surface area contributed by atoms with Crippen molar-refractivity contribution in [2.75, 3.05) is 6.54 Å². The third-order valence-electron chi connectivity index (χ3n) is 2.77. The minimum absolute atomic E-state index is 0.523. The molecule has 2 nitrogen and oxygen atoms in total. The Hall–Kier alpha value is -0.860. The maximum absolute atomic E-state index is 5.96. The molecule has 0 spiro atoms. The Morgan fingerprint density at radius 1 is 1.31 bits per heavy atom. The zero-order valence-corrected chi connectivity index (χ0v) is 10.4. The summed E-state index contributed by atoms with van der Waals surface area (Å²) in [4.78, 5) is 0. The summed E-state index contributed by atoms with van der Waals surface area (Å²) in [6, 6.07) is 5.79. The maximum Gasteiger partial charge on any atom is 0.0922 e. The van der Waals surface area contributed by atoms with Crippen LogP contribution < -0.4 is 11.1 Å². The Morgan fingerprint density at radius 3 is 2.75 bits per heavy atom. The van der Waals surface area contributed by atoms with Gasteiger partial charge >= 0.3 is 0 Å². The fraction of sp³-hybridized carbons (Fsp3) is 0.333. The van der Waals surface area contributed by atoms with Crippen LogP contribution in [-0.2, 0) is 6.42 Å². The second-order valence-corrected chi connectivity index (χ2v) is 4.86. The Morgan fingerprint density at radius 2 is 2.12 bits per heavy atom. The number of nitrogens with one attached hydrogen (secondary N) is 1. The van der Waals surface area contributed by atoms with Gasteiger partial charge in [-0.3, -0.25) is 0 Å². The van der Waals surface area contributed by atoms with E-state index >= 15 is 0 Å². The van der Waals surface area contributed by atoms with Crippen LogP contribution in [0.4, 0.5) is 0 Å². The first-order valence-corrected chi connectivity index (χ1v) is 6.06. The molecule has 2 rings (SSSR count). The van der Waals surface area contributed by atoms with Gasteiger partial charge in [0.05, 0.1) is 15.9 Å². The molecule has 4 heteroatoms. The van der Waals surface area contributed by atoms with E-state index in [1.54, 1.807) is 0 Å². The van der Waals surface area contributed by atoms with E-state index in [-0.39, 0.29) is 0 Å². The molecular formula is C12H14Cl2N2. The molecular weight excluding hydrogens is 243 g/mol. The molecule has 0 amide bonds. The van der Waals surface area contributed by atoms with E-state index in [0.717, 1.165) is 25.2 Å². The van der Waals surface area contributed by atoms with Gasteiger partial charge in [0.15, 0.2) is 0 Å².